The third-order valence-electron chi connectivity index (χ3n) is 5.21. The van der Waals surface area contributed by atoms with Crippen LogP contribution in [0, 0.1) is 10.1 Å². The molecule has 1 amide bonds. The molecule has 0 spiro atoms. The van der Waals surface area contributed by atoms with E-state index in [0.29, 0.717) is 74.6 Å². The van der Waals surface area contributed by atoms with Gasteiger partial charge in [-0.05, 0) is 45.4 Å². The fourth-order valence-corrected chi connectivity index (χ4v) is 3.72. The minimum Gasteiger partial charge on any atom is -0.490 e. The second kappa shape index (κ2) is 11.3. The Kier molecular flexibility index (Phi) is 8.28. The molecule has 0 N–H and O–H groups in total. The lowest BCUT2D eigenvalue weighted by Gasteiger charge is -2.23. The van der Waals surface area contributed by atoms with Crippen molar-refractivity contribution in [1.29, 1.82) is 0 Å². The van der Waals surface area contributed by atoms with E-state index in [1.54, 1.807) is 23.1 Å². The Labute approximate surface area is 193 Å². The zero-order chi connectivity index (χ0) is 23.8. The van der Waals surface area contributed by atoms with E-state index in [9.17, 15) is 14.9 Å². The fraction of sp³-hybridized carbons (Fsp3) is 0.478. The van der Waals surface area contributed by atoms with E-state index in [-0.39, 0.29) is 11.6 Å². The van der Waals surface area contributed by atoms with Crippen LogP contribution in [0.1, 0.15) is 37.6 Å². The maximum atomic E-state index is 13.4. The standard InChI is InChI=1S/C23H30N4O6/c1-4-31-19-14-17(15-20(32-5-2)22(19)33-6-3)23(28)26-11-7-10-25(12-13-26)21-9-8-18(16-24-21)27(29)30/h8-9,14-16H,4-7,10-13H2,1-3H3. The lowest BCUT2D eigenvalue weighted by atomic mass is 10.1. The van der Waals surface area contributed by atoms with Crippen LogP contribution in [0.2, 0.25) is 0 Å². The number of benzene rings is 1. The summed E-state index contributed by atoms with van der Waals surface area (Å²) in [6.45, 7) is 9.31. The molecular weight excluding hydrogens is 428 g/mol. The van der Waals surface area contributed by atoms with E-state index in [1.807, 2.05) is 25.7 Å². The molecule has 0 bridgehead atoms. The monoisotopic (exact) mass is 458 g/mol. The Morgan fingerprint density at radius 3 is 2.21 bits per heavy atom. The number of ether oxygens (including phenoxy) is 3. The first-order valence-electron chi connectivity index (χ1n) is 11.2. The summed E-state index contributed by atoms with van der Waals surface area (Å²) in [6.07, 6.45) is 2.01. The molecule has 33 heavy (non-hydrogen) atoms. The second-order valence-electron chi connectivity index (χ2n) is 7.37. The van der Waals surface area contributed by atoms with Crippen LogP contribution in [0.25, 0.3) is 0 Å². The molecule has 1 saturated heterocycles. The Morgan fingerprint density at radius 2 is 1.67 bits per heavy atom. The van der Waals surface area contributed by atoms with Gasteiger partial charge in [-0.25, -0.2) is 4.98 Å². The molecule has 10 nitrogen and oxygen atoms in total. The smallest absolute Gasteiger partial charge is 0.287 e. The largest absolute Gasteiger partial charge is 0.490 e. The Bertz CT molecular complexity index is 939. The number of hydrogen-bond donors (Lipinski definition) is 0. The number of hydrogen-bond acceptors (Lipinski definition) is 8. The Hall–Kier alpha value is -3.56. The predicted molar refractivity (Wildman–Crippen MR) is 124 cm³/mol. The van der Waals surface area contributed by atoms with Gasteiger partial charge in [-0.3, -0.25) is 14.9 Å². The van der Waals surface area contributed by atoms with E-state index >= 15 is 0 Å². The van der Waals surface area contributed by atoms with Gasteiger partial charge in [0.1, 0.15) is 12.0 Å². The Morgan fingerprint density at radius 1 is 1.00 bits per heavy atom. The van der Waals surface area contributed by atoms with Crippen molar-refractivity contribution in [3.05, 3.63) is 46.1 Å². The van der Waals surface area contributed by atoms with Crippen molar-refractivity contribution in [3.8, 4) is 17.2 Å². The highest BCUT2D eigenvalue weighted by atomic mass is 16.6. The molecule has 0 aliphatic carbocycles. The molecule has 0 atom stereocenters. The van der Waals surface area contributed by atoms with Crippen LogP contribution in [0.4, 0.5) is 11.5 Å². The number of pyridine rings is 1. The lowest BCUT2D eigenvalue weighted by Crippen LogP contribution is -2.35. The molecule has 2 aromatic rings. The van der Waals surface area contributed by atoms with E-state index in [2.05, 4.69) is 4.98 Å². The predicted octanol–water partition coefficient (Wildman–Crippen LogP) is 3.54. The number of anilines is 1. The number of aromatic nitrogens is 1. The molecule has 0 unspecified atom stereocenters. The number of amides is 1. The highest BCUT2D eigenvalue weighted by molar-refractivity contribution is 5.95. The molecule has 3 rings (SSSR count). The number of nitro groups is 1. The SMILES string of the molecule is CCOc1cc(C(=O)N2CCCN(c3ccc([N+](=O)[O-])cn3)CC2)cc(OCC)c1OCC. The third-order valence-corrected chi connectivity index (χ3v) is 5.21. The lowest BCUT2D eigenvalue weighted by molar-refractivity contribution is -0.385. The van der Waals surface area contributed by atoms with Crippen molar-refractivity contribution in [2.24, 2.45) is 0 Å². The van der Waals surface area contributed by atoms with Crippen LogP contribution in [-0.4, -0.2) is 66.7 Å². The van der Waals surface area contributed by atoms with Gasteiger partial charge in [0.2, 0.25) is 5.75 Å². The van der Waals surface area contributed by atoms with Gasteiger partial charge >= 0.3 is 0 Å². The van der Waals surface area contributed by atoms with Crippen molar-refractivity contribution >= 4 is 17.4 Å². The molecule has 1 aromatic heterocycles. The molecule has 0 saturated carbocycles. The second-order valence-corrected chi connectivity index (χ2v) is 7.37. The average molecular weight is 459 g/mol. The highest BCUT2D eigenvalue weighted by Gasteiger charge is 2.24. The highest BCUT2D eigenvalue weighted by Crippen LogP contribution is 2.39. The maximum absolute atomic E-state index is 13.4. The minimum atomic E-state index is -0.469. The van der Waals surface area contributed by atoms with Gasteiger partial charge in [-0.15, -0.1) is 0 Å². The average Bonchev–Trinajstić information content (AvgIpc) is 3.07. The van der Waals surface area contributed by atoms with Crippen molar-refractivity contribution in [2.75, 3.05) is 50.9 Å². The number of nitrogens with zero attached hydrogens (tertiary/aromatic N) is 4. The first-order valence-corrected chi connectivity index (χ1v) is 11.2. The molecule has 1 aliphatic rings. The van der Waals surface area contributed by atoms with Crippen molar-refractivity contribution < 1.29 is 23.9 Å². The number of carbonyl (C=O) groups is 1. The van der Waals surface area contributed by atoms with Crippen LogP contribution in [0.5, 0.6) is 17.2 Å². The van der Waals surface area contributed by atoms with Crippen molar-refractivity contribution in [2.45, 2.75) is 27.2 Å². The topological polar surface area (TPSA) is 107 Å². The van der Waals surface area contributed by atoms with Gasteiger partial charge in [0.05, 0.1) is 24.7 Å². The summed E-state index contributed by atoms with van der Waals surface area (Å²) in [5, 5.41) is 10.9. The zero-order valence-corrected chi connectivity index (χ0v) is 19.3. The van der Waals surface area contributed by atoms with Crippen molar-refractivity contribution in [1.82, 2.24) is 9.88 Å². The van der Waals surface area contributed by atoms with E-state index in [0.717, 1.165) is 6.42 Å². The van der Waals surface area contributed by atoms with Gasteiger partial charge in [0.25, 0.3) is 11.6 Å². The summed E-state index contributed by atoms with van der Waals surface area (Å²) < 4.78 is 17.2. The summed E-state index contributed by atoms with van der Waals surface area (Å²) in [5.41, 5.74) is 0.434. The molecule has 178 valence electrons. The summed E-state index contributed by atoms with van der Waals surface area (Å²) in [5.74, 6) is 2.02. The molecule has 1 aromatic carbocycles. The van der Waals surface area contributed by atoms with Crippen LogP contribution in [0.15, 0.2) is 30.5 Å². The summed E-state index contributed by atoms with van der Waals surface area (Å²) in [6, 6.07) is 6.51. The van der Waals surface area contributed by atoms with Crippen LogP contribution < -0.4 is 19.1 Å². The zero-order valence-electron chi connectivity index (χ0n) is 19.3. The number of rotatable bonds is 9. The van der Waals surface area contributed by atoms with Gasteiger partial charge < -0.3 is 24.0 Å². The van der Waals surface area contributed by atoms with Crippen LogP contribution in [0.3, 0.4) is 0 Å². The maximum Gasteiger partial charge on any atom is 0.287 e. The number of carbonyl (C=O) groups excluding carboxylic acids is 1. The van der Waals surface area contributed by atoms with Gasteiger partial charge in [0.15, 0.2) is 11.5 Å². The molecule has 1 fully saturated rings. The summed E-state index contributed by atoms with van der Waals surface area (Å²) in [7, 11) is 0. The van der Waals surface area contributed by atoms with Gasteiger partial charge in [-0.2, -0.15) is 0 Å². The first-order chi connectivity index (χ1) is 16.0. The van der Waals surface area contributed by atoms with E-state index < -0.39 is 4.92 Å². The minimum absolute atomic E-state index is 0.0453. The normalized spacial score (nSPS) is 13.9. The molecule has 10 heteroatoms. The van der Waals surface area contributed by atoms with Crippen LogP contribution >= 0.6 is 0 Å². The first kappa shape index (κ1) is 24.1. The molecule has 1 aliphatic heterocycles. The molecule has 2 heterocycles. The van der Waals surface area contributed by atoms with Crippen molar-refractivity contribution in [3.63, 3.8) is 0 Å². The van der Waals surface area contributed by atoms with Crippen LogP contribution in [-0.2, 0) is 0 Å². The van der Waals surface area contributed by atoms with Gasteiger partial charge in [-0.1, -0.05) is 0 Å². The van der Waals surface area contributed by atoms with Gasteiger partial charge in [0, 0.05) is 37.8 Å². The Balaban J connectivity index is 1.78. The van der Waals surface area contributed by atoms with E-state index in [1.165, 1.54) is 12.3 Å². The fourth-order valence-electron chi connectivity index (χ4n) is 3.72. The third kappa shape index (κ3) is 5.82. The molecule has 0 radical (unpaired) electrons. The summed E-state index contributed by atoms with van der Waals surface area (Å²) in [4.78, 5) is 31.8. The summed E-state index contributed by atoms with van der Waals surface area (Å²) >= 11 is 0. The molecular formula is C23H30N4O6. The van der Waals surface area contributed by atoms with E-state index in [4.69, 9.17) is 14.2 Å². The quantitative estimate of drug-likeness (QED) is 0.415.